The Morgan fingerprint density at radius 2 is 2.00 bits per heavy atom. The van der Waals surface area contributed by atoms with Crippen molar-refractivity contribution in [3.63, 3.8) is 0 Å². The zero-order valence-corrected chi connectivity index (χ0v) is 13.0. The van der Waals surface area contributed by atoms with Crippen LogP contribution in [0.1, 0.15) is 32.9 Å². The zero-order chi connectivity index (χ0) is 14.5. The molecule has 0 spiro atoms. The minimum absolute atomic E-state index is 0.614. The van der Waals surface area contributed by atoms with E-state index in [0.717, 1.165) is 24.9 Å². The second-order valence-corrected chi connectivity index (χ2v) is 6.23. The van der Waals surface area contributed by atoms with Gasteiger partial charge in [0, 0.05) is 22.6 Å². The lowest BCUT2D eigenvalue weighted by molar-refractivity contribution is -0.107. The first-order valence-corrected chi connectivity index (χ1v) is 7.61. The van der Waals surface area contributed by atoms with Crippen LogP contribution in [0.4, 0.5) is 0 Å². The molecule has 0 unspecified atom stereocenters. The summed E-state index contributed by atoms with van der Waals surface area (Å²) in [5.41, 5.74) is 3.77. The molecule has 2 rings (SSSR count). The molecule has 3 heteroatoms. The molecule has 1 aromatic heterocycles. The third-order valence-electron chi connectivity index (χ3n) is 3.40. The van der Waals surface area contributed by atoms with Crippen LogP contribution >= 0.6 is 11.3 Å². The van der Waals surface area contributed by atoms with Gasteiger partial charge in [-0.2, -0.15) is 0 Å². The van der Waals surface area contributed by atoms with Gasteiger partial charge in [-0.25, -0.2) is 0 Å². The van der Waals surface area contributed by atoms with Gasteiger partial charge in [0.2, 0.25) is 0 Å². The van der Waals surface area contributed by atoms with Crippen LogP contribution in [0.3, 0.4) is 0 Å². The normalized spacial score (nSPS) is 10.6. The van der Waals surface area contributed by atoms with Crippen molar-refractivity contribution in [1.82, 2.24) is 0 Å². The molecule has 2 nitrogen and oxygen atoms in total. The Hall–Kier alpha value is -1.61. The first-order valence-electron chi connectivity index (χ1n) is 6.79. The van der Waals surface area contributed by atoms with Crippen LogP contribution in [0.2, 0.25) is 0 Å². The molecule has 0 bridgehead atoms. The summed E-state index contributed by atoms with van der Waals surface area (Å²) in [6.07, 6.45) is 3.41. The van der Waals surface area contributed by atoms with Crippen molar-refractivity contribution in [1.29, 1.82) is 0 Å². The summed E-state index contributed by atoms with van der Waals surface area (Å²) in [5.74, 6) is 0.933. The van der Waals surface area contributed by atoms with Crippen LogP contribution in [-0.2, 0) is 17.6 Å². The first kappa shape index (κ1) is 14.8. The molecule has 0 saturated carbocycles. The number of aryl methyl sites for hydroxylation is 3. The fourth-order valence-corrected chi connectivity index (χ4v) is 3.60. The number of hydrogen-bond donors (Lipinski definition) is 0. The second kappa shape index (κ2) is 6.71. The maximum atomic E-state index is 10.5. The Morgan fingerprint density at radius 3 is 2.65 bits per heavy atom. The van der Waals surface area contributed by atoms with Crippen molar-refractivity contribution in [2.45, 2.75) is 33.1 Å². The van der Waals surface area contributed by atoms with Crippen molar-refractivity contribution in [3.05, 3.63) is 50.7 Å². The number of ether oxygens (including phenoxy) is 1. The lowest BCUT2D eigenvalue weighted by Gasteiger charge is -2.06. The van der Waals surface area contributed by atoms with Gasteiger partial charge < -0.3 is 9.53 Å². The van der Waals surface area contributed by atoms with Crippen molar-refractivity contribution < 1.29 is 9.53 Å². The van der Waals surface area contributed by atoms with E-state index >= 15 is 0 Å². The molecule has 0 saturated heterocycles. The Balaban J connectivity index is 2.13. The van der Waals surface area contributed by atoms with Gasteiger partial charge in [-0.1, -0.05) is 12.1 Å². The first-order chi connectivity index (χ1) is 9.63. The molecular weight excluding hydrogens is 268 g/mol. The van der Waals surface area contributed by atoms with Crippen LogP contribution in [0.5, 0.6) is 5.75 Å². The van der Waals surface area contributed by atoms with Crippen LogP contribution in [-0.4, -0.2) is 13.4 Å². The van der Waals surface area contributed by atoms with Crippen molar-refractivity contribution >= 4 is 17.6 Å². The standard InChI is InChI=1S/C17H20O2S/c1-12-9-14(6-7-16(12)19-3)11-15-10-13(2)17(20-15)5-4-8-18/h6-10H,4-5,11H2,1-3H3. The predicted octanol–water partition coefficient (Wildman–Crippen LogP) is 4.10. The van der Waals surface area contributed by atoms with Gasteiger partial charge in [0.1, 0.15) is 12.0 Å². The minimum atomic E-state index is 0.614. The molecule has 20 heavy (non-hydrogen) atoms. The topological polar surface area (TPSA) is 26.3 Å². The summed E-state index contributed by atoms with van der Waals surface area (Å²) >= 11 is 1.82. The highest BCUT2D eigenvalue weighted by Crippen LogP contribution is 2.27. The zero-order valence-electron chi connectivity index (χ0n) is 12.2. The Morgan fingerprint density at radius 1 is 1.20 bits per heavy atom. The third-order valence-corrected chi connectivity index (χ3v) is 4.70. The molecule has 0 fully saturated rings. The van der Waals surface area contributed by atoms with Gasteiger partial charge in [-0.05, 0) is 49.1 Å². The average Bonchev–Trinajstić information content (AvgIpc) is 2.76. The number of rotatable bonds is 6. The maximum absolute atomic E-state index is 10.5. The number of hydrogen-bond acceptors (Lipinski definition) is 3. The highest BCUT2D eigenvalue weighted by Gasteiger charge is 2.07. The summed E-state index contributed by atoms with van der Waals surface area (Å²) in [4.78, 5) is 13.2. The van der Waals surface area contributed by atoms with Crippen LogP contribution in [0.15, 0.2) is 24.3 Å². The Labute approximate surface area is 124 Å². The molecule has 1 heterocycles. The Kier molecular flexibility index (Phi) is 4.96. The molecule has 106 valence electrons. The number of methoxy groups -OCH3 is 1. The van der Waals surface area contributed by atoms with Gasteiger partial charge in [-0.15, -0.1) is 11.3 Å². The predicted molar refractivity (Wildman–Crippen MR) is 84.0 cm³/mol. The van der Waals surface area contributed by atoms with Crippen molar-refractivity contribution in [2.75, 3.05) is 7.11 Å². The third kappa shape index (κ3) is 3.48. The molecular formula is C17H20O2S. The number of carbonyl (C=O) groups is 1. The van der Waals surface area contributed by atoms with Crippen LogP contribution < -0.4 is 4.74 Å². The molecule has 0 N–H and O–H groups in total. The summed E-state index contributed by atoms with van der Waals surface area (Å²) in [6, 6.07) is 8.56. The summed E-state index contributed by atoms with van der Waals surface area (Å²) in [6.45, 7) is 4.19. The number of aldehydes is 1. The van der Waals surface area contributed by atoms with E-state index in [1.54, 1.807) is 7.11 Å². The van der Waals surface area contributed by atoms with E-state index in [4.69, 9.17) is 4.74 Å². The van der Waals surface area contributed by atoms with Gasteiger partial charge in [0.05, 0.1) is 7.11 Å². The highest BCUT2D eigenvalue weighted by atomic mass is 32.1. The van der Waals surface area contributed by atoms with Crippen LogP contribution in [0, 0.1) is 13.8 Å². The molecule has 0 aliphatic carbocycles. The maximum Gasteiger partial charge on any atom is 0.121 e. The second-order valence-electron chi connectivity index (χ2n) is 5.00. The molecule has 0 radical (unpaired) electrons. The van der Waals surface area contributed by atoms with Gasteiger partial charge in [-0.3, -0.25) is 0 Å². The summed E-state index contributed by atoms with van der Waals surface area (Å²) in [5, 5.41) is 0. The van der Waals surface area contributed by atoms with Gasteiger partial charge in [0.15, 0.2) is 0 Å². The molecule has 0 aliphatic rings. The fourth-order valence-electron chi connectivity index (χ4n) is 2.37. The van der Waals surface area contributed by atoms with Crippen molar-refractivity contribution in [2.24, 2.45) is 0 Å². The number of carbonyl (C=O) groups excluding carboxylic acids is 1. The van der Waals surface area contributed by atoms with Crippen LogP contribution in [0.25, 0.3) is 0 Å². The Bertz CT molecular complexity index is 599. The molecule has 2 aromatic rings. The lowest BCUT2D eigenvalue weighted by atomic mass is 10.1. The number of benzene rings is 1. The summed E-state index contributed by atoms with van der Waals surface area (Å²) in [7, 11) is 1.70. The van der Waals surface area contributed by atoms with Crippen molar-refractivity contribution in [3.8, 4) is 5.75 Å². The van der Waals surface area contributed by atoms with E-state index in [9.17, 15) is 4.79 Å². The lowest BCUT2D eigenvalue weighted by Crippen LogP contribution is -1.90. The van der Waals surface area contributed by atoms with Gasteiger partial charge >= 0.3 is 0 Å². The van der Waals surface area contributed by atoms with E-state index in [1.165, 1.54) is 26.4 Å². The van der Waals surface area contributed by atoms with E-state index in [0.29, 0.717) is 6.42 Å². The van der Waals surface area contributed by atoms with E-state index < -0.39 is 0 Å². The highest BCUT2D eigenvalue weighted by molar-refractivity contribution is 7.12. The van der Waals surface area contributed by atoms with Gasteiger partial charge in [0.25, 0.3) is 0 Å². The summed E-state index contributed by atoms with van der Waals surface area (Å²) < 4.78 is 5.29. The molecule has 1 aromatic carbocycles. The number of thiophene rings is 1. The smallest absolute Gasteiger partial charge is 0.121 e. The fraction of sp³-hybridized carbons (Fsp3) is 0.353. The average molecular weight is 288 g/mol. The monoisotopic (exact) mass is 288 g/mol. The van der Waals surface area contributed by atoms with E-state index in [2.05, 4.69) is 32.0 Å². The molecule has 0 amide bonds. The quantitative estimate of drug-likeness (QED) is 0.748. The van der Waals surface area contributed by atoms with E-state index in [-0.39, 0.29) is 0 Å². The SMILES string of the molecule is COc1ccc(Cc2cc(C)c(CCC=O)s2)cc1C. The van der Waals surface area contributed by atoms with E-state index in [1.807, 2.05) is 17.4 Å². The molecule has 0 atom stereocenters. The molecule has 0 aliphatic heterocycles. The minimum Gasteiger partial charge on any atom is -0.496 e. The largest absolute Gasteiger partial charge is 0.496 e.